The number of carbonyl (C=O) groups excluding carboxylic acids is 1. The molecule has 0 amide bonds. The zero-order chi connectivity index (χ0) is 18.3. The Kier molecular flexibility index (Phi) is 6.35. The van der Waals surface area contributed by atoms with Crippen molar-refractivity contribution in [1.82, 2.24) is 0 Å². The van der Waals surface area contributed by atoms with Crippen LogP contribution in [0, 0.1) is 0 Å². The summed E-state index contributed by atoms with van der Waals surface area (Å²) in [6.45, 7) is 6.10. The Bertz CT molecular complexity index is 754. The number of aldehydes is 1. The average Bonchev–Trinajstić information content (AvgIpc) is 2.62. The van der Waals surface area contributed by atoms with E-state index >= 15 is 0 Å². The van der Waals surface area contributed by atoms with Crippen LogP contribution in [0.5, 0.6) is 5.75 Å². The van der Waals surface area contributed by atoms with Gasteiger partial charge < -0.3 is 4.74 Å². The smallest absolute Gasteiger partial charge is 0.145 e. The van der Waals surface area contributed by atoms with Crippen LogP contribution in [0.1, 0.15) is 31.9 Å². The summed E-state index contributed by atoms with van der Waals surface area (Å²) in [4.78, 5) is 10.9. The molecule has 0 radical (unpaired) electrons. The summed E-state index contributed by atoms with van der Waals surface area (Å²) in [6.07, 6.45) is 5.94. The molecule has 0 aliphatic heterocycles. The molecule has 25 heavy (non-hydrogen) atoms. The summed E-state index contributed by atoms with van der Waals surface area (Å²) in [5.74, 6) is 0.850. The largest absolute Gasteiger partial charge is 0.497 e. The number of hydrogen-bond donors (Lipinski definition) is 0. The van der Waals surface area contributed by atoms with Gasteiger partial charge in [-0.05, 0) is 49.1 Å². The van der Waals surface area contributed by atoms with Crippen LogP contribution in [0.4, 0.5) is 0 Å². The molecule has 1 unspecified atom stereocenters. The van der Waals surface area contributed by atoms with Gasteiger partial charge >= 0.3 is 0 Å². The zero-order valence-corrected chi connectivity index (χ0v) is 15.5. The van der Waals surface area contributed by atoms with Crippen LogP contribution in [0.15, 0.2) is 77.9 Å². The second kappa shape index (κ2) is 8.48. The van der Waals surface area contributed by atoms with Gasteiger partial charge in [-0.3, -0.25) is 4.79 Å². The standard InChI is InChI=1S/C23H26O2/c1-18(14-19(2)17-24)15-23(3,16-20-8-6-5-7-9-20)21-10-12-22(25-4)13-11-21/h5-15,17H,16H2,1-4H3/b18-15+,19-14+. The molecular weight excluding hydrogens is 308 g/mol. The summed E-state index contributed by atoms with van der Waals surface area (Å²) < 4.78 is 5.28. The molecule has 0 heterocycles. The number of benzene rings is 2. The van der Waals surface area contributed by atoms with Gasteiger partial charge in [-0.1, -0.05) is 67.1 Å². The van der Waals surface area contributed by atoms with Crippen LogP contribution >= 0.6 is 0 Å². The molecule has 130 valence electrons. The first-order valence-electron chi connectivity index (χ1n) is 8.48. The second-order valence-electron chi connectivity index (χ2n) is 6.70. The molecule has 2 heteroatoms. The maximum absolute atomic E-state index is 10.9. The van der Waals surface area contributed by atoms with Gasteiger partial charge in [0.2, 0.25) is 0 Å². The number of hydrogen-bond acceptors (Lipinski definition) is 2. The van der Waals surface area contributed by atoms with Gasteiger partial charge in [0.1, 0.15) is 12.0 Å². The molecule has 0 saturated heterocycles. The minimum absolute atomic E-state index is 0.183. The lowest BCUT2D eigenvalue weighted by Crippen LogP contribution is -2.23. The van der Waals surface area contributed by atoms with E-state index in [2.05, 4.69) is 49.4 Å². The average molecular weight is 334 g/mol. The molecule has 1 atom stereocenters. The number of methoxy groups -OCH3 is 1. The van der Waals surface area contributed by atoms with Crippen molar-refractivity contribution in [1.29, 1.82) is 0 Å². The van der Waals surface area contributed by atoms with E-state index < -0.39 is 0 Å². The number of rotatable bonds is 7. The Labute approximate surface area is 150 Å². The molecular formula is C23H26O2. The van der Waals surface area contributed by atoms with Crippen LogP contribution in [0.2, 0.25) is 0 Å². The highest BCUT2D eigenvalue weighted by molar-refractivity contribution is 5.73. The van der Waals surface area contributed by atoms with Crippen molar-refractivity contribution >= 4 is 6.29 Å². The first-order chi connectivity index (χ1) is 12.0. The Morgan fingerprint density at radius 2 is 1.64 bits per heavy atom. The minimum Gasteiger partial charge on any atom is -0.497 e. The molecule has 0 fully saturated rings. The summed E-state index contributed by atoms with van der Waals surface area (Å²) in [5, 5.41) is 0. The van der Waals surface area contributed by atoms with Crippen molar-refractivity contribution in [2.75, 3.05) is 7.11 Å². The van der Waals surface area contributed by atoms with E-state index in [1.807, 2.05) is 38.1 Å². The third-order valence-electron chi connectivity index (χ3n) is 4.35. The monoisotopic (exact) mass is 334 g/mol. The lowest BCUT2D eigenvalue weighted by atomic mass is 9.76. The second-order valence-corrected chi connectivity index (χ2v) is 6.70. The maximum Gasteiger partial charge on any atom is 0.145 e. The van der Waals surface area contributed by atoms with Gasteiger partial charge in [-0.25, -0.2) is 0 Å². The van der Waals surface area contributed by atoms with E-state index in [-0.39, 0.29) is 5.41 Å². The van der Waals surface area contributed by atoms with Crippen molar-refractivity contribution < 1.29 is 9.53 Å². The minimum atomic E-state index is -0.183. The number of ether oxygens (including phenoxy) is 1. The highest BCUT2D eigenvalue weighted by Crippen LogP contribution is 2.32. The van der Waals surface area contributed by atoms with E-state index in [1.165, 1.54) is 11.1 Å². The quantitative estimate of drug-likeness (QED) is 0.391. The number of carbonyl (C=O) groups is 1. The molecule has 0 N–H and O–H groups in total. The fourth-order valence-corrected chi connectivity index (χ4v) is 3.17. The Balaban J connectivity index is 2.45. The normalized spacial score (nSPS) is 14.7. The number of allylic oxidation sites excluding steroid dienone is 4. The van der Waals surface area contributed by atoms with Crippen molar-refractivity contribution in [3.63, 3.8) is 0 Å². The van der Waals surface area contributed by atoms with Gasteiger partial charge in [0, 0.05) is 5.41 Å². The molecule has 2 nitrogen and oxygen atoms in total. The van der Waals surface area contributed by atoms with Crippen molar-refractivity contribution in [3.8, 4) is 5.75 Å². The predicted octanol–water partition coefficient (Wildman–Crippen LogP) is 5.29. The van der Waals surface area contributed by atoms with E-state index in [4.69, 9.17) is 4.74 Å². The Hall–Kier alpha value is -2.61. The first-order valence-corrected chi connectivity index (χ1v) is 8.48. The third kappa shape index (κ3) is 5.18. The lowest BCUT2D eigenvalue weighted by molar-refractivity contribution is -0.104. The van der Waals surface area contributed by atoms with E-state index in [0.717, 1.165) is 29.6 Å². The molecule has 0 saturated carbocycles. The van der Waals surface area contributed by atoms with E-state index in [9.17, 15) is 4.79 Å². The molecule has 0 aliphatic rings. The predicted molar refractivity (Wildman–Crippen MR) is 104 cm³/mol. The summed E-state index contributed by atoms with van der Waals surface area (Å²) >= 11 is 0. The molecule has 2 rings (SSSR count). The zero-order valence-electron chi connectivity index (χ0n) is 15.5. The molecule has 0 aliphatic carbocycles. The first kappa shape index (κ1) is 18.7. The Morgan fingerprint density at radius 3 is 2.20 bits per heavy atom. The van der Waals surface area contributed by atoms with Crippen molar-refractivity contribution in [2.24, 2.45) is 0 Å². The van der Waals surface area contributed by atoms with Crippen LogP contribution in [0.25, 0.3) is 0 Å². The van der Waals surface area contributed by atoms with Crippen LogP contribution in [-0.4, -0.2) is 13.4 Å². The lowest BCUT2D eigenvalue weighted by Gasteiger charge is -2.28. The molecule has 0 bridgehead atoms. The fraction of sp³-hybridized carbons (Fsp3) is 0.261. The van der Waals surface area contributed by atoms with Gasteiger partial charge in [-0.15, -0.1) is 0 Å². The van der Waals surface area contributed by atoms with Crippen LogP contribution < -0.4 is 4.74 Å². The SMILES string of the molecule is COc1ccc(C(C)(/C=C(C)/C=C(\C)C=O)Cc2ccccc2)cc1. The molecule has 0 spiro atoms. The maximum atomic E-state index is 10.9. The highest BCUT2D eigenvalue weighted by Gasteiger charge is 2.25. The summed E-state index contributed by atoms with van der Waals surface area (Å²) in [6, 6.07) is 18.7. The topological polar surface area (TPSA) is 26.3 Å². The van der Waals surface area contributed by atoms with Gasteiger partial charge in [0.25, 0.3) is 0 Å². The van der Waals surface area contributed by atoms with Crippen LogP contribution in [0.3, 0.4) is 0 Å². The van der Waals surface area contributed by atoms with Crippen LogP contribution in [-0.2, 0) is 16.6 Å². The van der Waals surface area contributed by atoms with Crippen molar-refractivity contribution in [2.45, 2.75) is 32.6 Å². The van der Waals surface area contributed by atoms with E-state index in [1.54, 1.807) is 7.11 Å². The van der Waals surface area contributed by atoms with Crippen molar-refractivity contribution in [3.05, 3.63) is 89.0 Å². The summed E-state index contributed by atoms with van der Waals surface area (Å²) in [5.41, 5.74) is 4.12. The molecule has 0 aromatic heterocycles. The fourth-order valence-electron chi connectivity index (χ4n) is 3.17. The molecule has 2 aromatic carbocycles. The third-order valence-corrected chi connectivity index (χ3v) is 4.35. The Morgan fingerprint density at radius 1 is 1.00 bits per heavy atom. The van der Waals surface area contributed by atoms with Gasteiger partial charge in [0.15, 0.2) is 0 Å². The molecule has 2 aromatic rings. The van der Waals surface area contributed by atoms with E-state index in [0.29, 0.717) is 0 Å². The van der Waals surface area contributed by atoms with Gasteiger partial charge in [0.05, 0.1) is 7.11 Å². The van der Waals surface area contributed by atoms with Gasteiger partial charge in [-0.2, -0.15) is 0 Å². The summed E-state index contributed by atoms with van der Waals surface area (Å²) in [7, 11) is 1.68. The highest BCUT2D eigenvalue weighted by atomic mass is 16.5.